The van der Waals surface area contributed by atoms with Gasteiger partial charge in [0.25, 0.3) is 0 Å². The predicted octanol–water partition coefficient (Wildman–Crippen LogP) is 2.89. The minimum Gasteiger partial charge on any atom is -0.378 e. The number of ether oxygens (including phenoxy) is 1. The summed E-state index contributed by atoms with van der Waals surface area (Å²) in [5.41, 5.74) is 2.27. The minimum absolute atomic E-state index is 0.173. The number of rotatable bonds is 5. The van der Waals surface area contributed by atoms with Crippen molar-refractivity contribution in [2.75, 3.05) is 7.11 Å². The molecule has 2 aromatic heterocycles. The molecular formula is C20H17FN4O2. The number of benzene rings is 2. The first-order chi connectivity index (χ1) is 13.2. The van der Waals surface area contributed by atoms with Crippen molar-refractivity contribution in [1.29, 1.82) is 0 Å². The van der Waals surface area contributed by atoms with E-state index < -0.39 is 0 Å². The molecule has 0 aliphatic carbocycles. The van der Waals surface area contributed by atoms with E-state index in [0.29, 0.717) is 29.3 Å². The van der Waals surface area contributed by atoms with Gasteiger partial charge in [-0.2, -0.15) is 0 Å². The smallest absolute Gasteiger partial charge is 0.352 e. The molecule has 0 spiro atoms. The minimum atomic E-state index is -0.349. The van der Waals surface area contributed by atoms with Gasteiger partial charge in [-0.15, -0.1) is 5.10 Å². The van der Waals surface area contributed by atoms with Crippen LogP contribution in [-0.4, -0.2) is 26.3 Å². The Balaban J connectivity index is 1.89. The molecule has 2 heterocycles. The van der Waals surface area contributed by atoms with Crippen LogP contribution in [0.25, 0.3) is 17.0 Å². The number of nitrogens with zero attached hydrogens (tertiary/aromatic N) is 4. The van der Waals surface area contributed by atoms with Gasteiger partial charge in [-0.1, -0.05) is 42.5 Å². The Bertz CT molecular complexity index is 1150. The van der Waals surface area contributed by atoms with Crippen molar-refractivity contribution in [1.82, 2.24) is 19.2 Å². The highest BCUT2D eigenvalue weighted by Crippen LogP contribution is 2.18. The van der Waals surface area contributed by atoms with Crippen molar-refractivity contribution in [3.63, 3.8) is 0 Å². The quantitative estimate of drug-likeness (QED) is 0.546. The Kier molecular flexibility index (Phi) is 4.52. The van der Waals surface area contributed by atoms with Gasteiger partial charge in [-0.05, 0) is 17.7 Å². The summed E-state index contributed by atoms with van der Waals surface area (Å²) in [7, 11) is 1.59. The fourth-order valence-corrected chi connectivity index (χ4v) is 3.00. The number of halogens is 1. The number of hydrogen-bond donors (Lipinski definition) is 0. The van der Waals surface area contributed by atoms with Crippen molar-refractivity contribution >= 4 is 5.65 Å². The van der Waals surface area contributed by atoms with Gasteiger partial charge in [0.05, 0.1) is 18.8 Å². The van der Waals surface area contributed by atoms with E-state index in [9.17, 15) is 9.18 Å². The second-order valence-corrected chi connectivity index (χ2v) is 6.13. The summed E-state index contributed by atoms with van der Waals surface area (Å²) in [6.45, 7) is 0.480. The Morgan fingerprint density at radius 3 is 2.63 bits per heavy atom. The summed E-state index contributed by atoms with van der Waals surface area (Å²) >= 11 is 0. The Morgan fingerprint density at radius 1 is 1.07 bits per heavy atom. The molecule has 7 heteroatoms. The summed E-state index contributed by atoms with van der Waals surface area (Å²) in [5.74, 6) is 0.147. The Labute approximate surface area is 154 Å². The molecule has 0 aliphatic heterocycles. The lowest BCUT2D eigenvalue weighted by Crippen LogP contribution is -2.23. The third-order valence-electron chi connectivity index (χ3n) is 4.17. The van der Waals surface area contributed by atoms with Crippen LogP contribution in [0.3, 0.4) is 0 Å². The van der Waals surface area contributed by atoms with Crippen molar-refractivity contribution in [3.05, 3.63) is 88.2 Å². The first-order valence-corrected chi connectivity index (χ1v) is 8.44. The standard InChI is InChI=1S/C20H17FN4O2/c1-27-13-17-11-18-23-24(12-14-6-5-9-16(21)10-14)20(26)25(18)19(22-17)15-7-3-2-4-8-15/h2-11H,12-13H2,1H3. The molecule has 0 fully saturated rings. The van der Waals surface area contributed by atoms with E-state index in [0.717, 1.165) is 5.56 Å². The number of methoxy groups -OCH3 is 1. The largest absolute Gasteiger partial charge is 0.378 e. The first-order valence-electron chi connectivity index (χ1n) is 8.44. The molecule has 27 heavy (non-hydrogen) atoms. The van der Waals surface area contributed by atoms with E-state index in [2.05, 4.69) is 10.1 Å². The van der Waals surface area contributed by atoms with E-state index in [1.807, 2.05) is 30.3 Å². The average molecular weight is 364 g/mol. The Morgan fingerprint density at radius 2 is 1.89 bits per heavy atom. The van der Waals surface area contributed by atoms with Gasteiger partial charge in [0, 0.05) is 18.7 Å². The van der Waals surface area contributed by atoms with Crippen LogP contribution in [0, 0.1) is 5.82 Å². The molecule has 4 aromatic rings. The SMILES string of the molecule is COCc1cc2nn(Cc3cccc(F)c3)c(=O)n2c(-c2ccccc2)n1. The van der Waals surface area contributed by atoms with Crippen LogP contribution in [-0.2, 0) is 17.9 Å². The highest BCUT2D eigenvalue weighted by molar-refractivity contribution is 5.59. The number of hydrogen-bond acceptors (Lipinski definition) is 4. The molecule has 0 bridgehead atoms. The van der Waals surface area contributed by atoms with Crippen molar-refractivity contribution < 1.29 is 9.13 Å². The highest BCUT2D eigenvalue weighted by Gasteiger charge is 2.15. The monoisotopic (exact) mass is 364 g/mol. The topological polar surface area (TPSA) is 61.4 Å². The van der Waals surface area contributed by atoms with Crippen LogP contribution in [0.5, 0.6) is 0 Å². The van der Waals surface area contributed by atoms with E-state index in [1.165, 1.54) is 21.2 Å². The van der Waals surface area contributed by atoms with E-state index in [-0.39, 0.29) is 18.1 Å². The molecule has 0 unspecified atom stereocenters. The molecule has 6 nitrogen and oxygen atoms in total. The van der Waals surface area contributed by atoms with E-state index >= 15 is 0 Å². The van der Waals surface area contributed by atoms with E-state index in [1.54, 1.807) is 25.3 Å². The lowest BCUT2D eigenvalue weighted by molar-refractivity contribution is 0.181. The van der Waals surface area contributed by atoms with Gasteiger partial charge in [-0.3, -0.25) is 0 Å². The third-order valence-corrected chi connectivity index (χ3v) is 4.17. The van der Waals surface area contributed by atoms with Gasteiger partial charge < -0.3 is 4.74 Å². The second kappa shape index (κ2) is 7.13. The molecule has 0 aliphatic rings. The van der Waals surface area contributed by atoms with Crippen LogP contribution < -0.4 is 5.69 Å². The molecule has 0 amide bonds. The molecule has 2 aromatic carbocycles. The van der Waals surface area contributed by atoms with Gasteiger partial charge >= 0.3 is 5.69 Å². The zero-order chi connectivity index (χ0) is 18.8. The summed E-state index contributed by atoms with van der Waals surface area (Å²) < 4.78 is 21.4. The predicted molar refractivity (Wildman–Crippen MR) is 98.9 cm³/mol. The molecule has 0 saturated carbocycles. The normalized spacial score (nSPS) is 11.2. The summed E-state index contributed by atoms with van der Waals surface area (Å²) in [6, 6.07) is 17.3. The van der Waals surface area contributed by atoms with Crippen LogP contribution >= 0.6 is 0 Å². The maximum Gasteiger partial charge on any atom is 0.352 e. The zero-order valence-corrected chi connectivity index (χ0v) is 14.7. The fraction of sp³-hybridized carbons (Fsp3) is 0.150. The van der Waals surface area contributed by atoms with Crippen molar-refractivity contribution in [2.24, 2.45) is 0 Å². The maximum absolute atomic E-state index is 13.5. The van der Waals surface area contributed by atoms with Crippen molar-refractivity contribution in [3.8, 4) is 11.4 Å². The molecule has 0 radical (unpaired) electrons. The second-order valence-electron chi connectivity index (χ2n) is 6.13. The number of aromatic nitrogens is 4. The summed E-state index contributed by atoms with van der Waals surface area (Å²) in [4.78, 5) is 17.6. The van der Waals surface area contributed by atoms with Crippen molar-refractivity contribution in [2.45, 2.75) is 13.2 Å². The van der Waals surface area contributed by atoms with Crippen LogP contribution in [0.2, 0.25) is 0 Å². The molecule has 4 rings (SSSR count). The molecule has 136 valence electrons. The molecule has 0 N–H and O–H groups in total. The van der Waals surface area contributed by atoms with Gasteiger partial charge in [0.2, 0.25) is 0 Å². The summed E-state index contributed by atoms with van der Waals surface area (Å²) in [5, 5.41) is 4.42. The van der Waals surface area contributed by atoms with E-state index in [4.69, 9.17) is 4.74 Å². The third kappa shape index (κ3) is 3.37. The zero-order valence-electron chi connectivity index (χ0n) is 14.7. The Hall–Kier alpha value is -3.32. The fourth-order valence-electron chi connectivity index (χ4n) is 3.00. The molecular weight excluding hydrogens is 347 g/mol. The molecule has 0 atom stereocenters. The average Bonchev–Trinajstić information content (AvgIpc) is 2.98. The van der Waals surface area contributed by atoms with Crippen LogP contribution in [0.15, 0.2) is 65.5 Å². The van der Waals surface area contributed by atoms with Gasteiger partial charge in [-0.25, -0.2) is 23.3 Å². The molecule has 0 saturated heterocycles. The number of fused-ring (bicyclic) bond motifs is 1. The van der Waals surface area contributed by atoms with Gasteiger partial charge in [0.1, 0.15) is 11.6 Å². The first kappa shape index (κ1) is 17.1. The van der Waals surface area contributed by atoms with Crippen LogP contribution in [0.1, 0.15) is 11.3 Å². The summed E-state index contributed by atoms with van der Waals surface area (Å²) in [6.07, 6.45) is 0. The lowest BCUT2D eigenvalue weighted by atomic mass is 10.2. The lowest BCUT2D eigenvalue weighted by Gasteiger charge is -2.06. The maximum atomic E-state index is 13.5. The highest BCUT2D eigenvalue weighted by atomic mass is 19.1. The van der Waals surface area contributed by atoms with Gasteiger partial charge in [0.15, 0.2) is 5.65 Å². The van der Waals surface area contributed by atoms with Crippen LogP contribution in [0.4, 0.5) is 4.39 Å².